The van der Waals surface area contributed by atoms with Crippen LogP contribution in [0.2, 0.25) is 0 Å². The largest absolute Gasteiger partial charge is 0.492 e. The Labute approximate surface area is 132 Å². The highest BCUT2D eigenvalue weighted by Crippen LogP contribution is 2.21. The minimum atomic E-state index is -0.169. The predicted molar refractivity (Wildman–Crippen MR) is 87.8 cm³/mol. The molecule has 0 fully saturated rings. The molecule has 0 saturated carbocycles. The van der Waals surface area contributed by atoms with Gasteiger partial charge in [-0.2, -0.15) is 0 Å². The average Bonchev–Trinajstić information content (AvgIpc) is 2.45. The van der Waals surface area contributed by atoms with E-state index in [1.165, 1.54) is 0 Å². The number of carbonyl (C=O) groups is 1. The van der Waals surface area contributed by atoms with Crippen LogP contribution in [-0.2, 0) is 0 Å². The third kappa shape index (κ3) is 4.31. The fourth-order valence-corrected chi connectivity index (χ4v) is 2.52. The first-order chi connectivity index (χ1) is 10.1. The SMILES string of the molecule is Cc1ccc(C(=O)Nc2cccc(OCCN)c2)c(Br)c1. The van der Waals surface area contributed by atoms with E-state index in [4.69, 9.17) is 10.5 Å². The summed E-state index contributed by atoms with van der Waals surface area (Å²) in [5, 5.41) is 2.86. The number of carbonyl (C=O) groups excluding carboxylic acids is 1. The van der Waals surface area contributed by atoms with E-state index in [2.05, 4.69) is 21.2 Å². The van der Waals surface area contributed by atoms with Crippen LogP contribution in [0, 0.1) is 6.92 Å². The normalized spacial score (nSPS) is 10.2. The van der Waals surface area contributed by atoms with Gasteiger partial charge in [-0.1, -0.05) is 12.1 Å². The van der Waals surface area contributed by atoms with Crippen LogP contribution < -0.4 is 15.8 Å². The van der Waals surface area contributed by atoms with Crippen molar-refractivity contribution in [3.05, 3.63) is 58.1 Å². The van der Waals surface area contributed by atoms with Crippen LogP contribution in [0.5, 0.6) is 5.75 Å². The van der Waals surface area contributed by atoms with E-state index in [0.29, 0.717) is 30.2 Å². The van der Waals surface area contributed by atoms with Crippen LogP contribution in [0.3, 0.4) is 0 Å². The molecule has 0 aliphatic rings. The van der Waals surface area contributed by atoms with Crippen LogP contribution >= 0.6 is 15.9 Å². The summed E-state index contributed by atoms with van der Waals surface area (Å²) < 4.78 is 6.21. The Hall–Kier alpha value is -1.85. The Morgan fingerprint density at radius 2 is 2.10 bits per heavy atom. The molecule has 0 aromatic heterocycles. The number of hydrogen-bond donors (Lipinski definition) is 2. The number of rotatable bonds is 5. The number of hydrogen-bond acceptors (Lipinski definition) is 3. The van der Waals surface area contributed by atoms with Gasteiger partial charge >= 0.3 is 0 Å². The van der Waals surface area contributed by atoms with Gasteiger partial charge in [0.25, 0.3) is 5.91 Å². The van der Waals surface area contributed by atoms with Gasteiger partial charge in [0.15, 0.2) is 0 Å². The van der Waals surface area contributed by atoms with Crippen molar-refractivity contribution in [1.29, 1.82) is 0 Å². The lowest BCUT2D eigenvalue weighted by Gasteiger charge is -2.10. The Morgan fingerprint density at radius 1 is 1.29 bits per heavy atom. The Bertz CT molecular complexity index is 644. The van der Waals surface area contributed by atoms with Crippen LogP contribution in [-0.4, -0.2) is 19.1 Å². The first-order valence-electron chi connectivity index (χ1n) is 6.60. The molecule has 0 radical (unpaired) electrons. The van der Waals surface area contributed by atoms with Crippen LogP contribution in [0.4, 0.5) is 5.69 Å². The zero-order valence-electron chi connectivity index (χ0n) is 11.7. The zero-order chi connectivity index (χ0) is 15.2. The number of ether oxygens (including phenoxy) is 1. The van der Waals surface area contributed by atoms with Crippen molar-refractivity contribution in [1.82, 2.24) is 0 Å². The maximum absolute atomic E-state index is 12.3. The molecule has 0 atom stereocenters. The lowest BCUT2D eigenvalue weighted by atomic mass is 10.1. The van der Waals surface area contributed by atoms with Gasteiger partial charge in [-0.05, 0) is 52.7 Å². The van der Waals surface area contributed by atoms with E-state index < -0.39 is 0 Å². The fourth-order valence-electron chi connectivity index (χ4n) is 1.84. The second kappa shape index (κ2) is 7.24. The molecule has 4 nitrogen and oxygen atoms in total. The number of halogens is 1. The van der Waals surface area contributed by atoms with Gasteiger partial charge in [-0.15, -0.1) is 0 Å². The van der Waals surface area contributed by atoms with Crippen LogP contribution in [0.25, 0.3) is 0 Å². The third-order valence-electron chi connectivity index (χ3n) is 2.85. The number of nitrogens with one attached hydrogen (secondary N) is 1. The van der Waals surface area contributed by atoms with Gasteiger partial charge in [0, 0.05) is 22.8 Å². The summed E-state index contributed by atoms with van der Waals surface area (Å²) in [6.07, 6.45) is 0. The molecule has 2 aromatic rings. The monoisotopic (exact) mass is 348 g/mol. The number of amides is 1. The summed E-state index contributed by atoms with van der Waals surface area (Å²) in [5.74, 6) is 0.513. The second-order valence-electron chi connectivity index (χ2n) is 4.60. The summed E-state index contributed by atoms with van der Waals surface area (Å²) in [5.41, 5.74) is 7.77. The van der Waals surface area contributed by atoms with Gasteiger partial charge in [-0.3, -0.25) is 4.79 Å². The Kier molecular flexibility index (Phi) is 5.36. The summed E-state index contributed by atoms with van der Waals surface area (Å²) in [6.45, 7) is 2.87. The van der Waals surface area contributed by atoms with E-state index in [1.54, 1.807) is 12.1 Å². The topological polar surface area (TPSA) is 64.3 Å². The van der Waals surface area contributed by atoms with Gasteiger partial charge in [0.05, 0.1) is 5.56 Å². The molecule has 1 amide bonds. The molecule has 3 N–H and O–H groups in total. The fraction of sp³-hybridized carbons (Fsp3) is 0.188. The number of nitrogens with two attached hydrogens (primary N) is 1. The standard InChI is InChI=1S/C16H17BrN2O2/c1-11-5-6-14(15(17)9-11)16(20)19-12-3-2-4-13(10-12)21-8-7-18/h2-6,9-10H,7-8,18H2,1H3,(H,19,20). The van der Waals surface area contributed by atoms with Gasteiger partial charge in [0.1, 0.15) is 12.4 Å². The van der Waals surface area contributed by atoms with E-state index in [0.717, 1.165) is 10.0 Å². The molecule has 0 aliphatic heterocycles. The molecule has 0 heterocycles. The minimum Gasteiger partial charge on any atom is -0.492 e. The van der Waals surface area contributed by atoms with Gasteiger partial charge < -0.3 is 15.8 Å². The second-order valence-corrected chi connectivity index (χ2v) is 5.46. The first kappa shape index (κ1) is 15.5. The van der Waals surface area contributed by atoms with Crippen LogP contribution in [0.1, 0.15) is 15.9 Å². The lowest BCUT2D eigenvalue weighted by molar-refractivity contribution is 0.102. The molecule has 21 heavy (non-hydrogen) atoms. The van der Waals surface area contributed by atoms with Crippen molar-refractivity contribution in [3.8, 4) is 5.75 Å². The molecule has 0 spiro atoms. The highest BCUT2D eigenvalue weighted by molar-refractivity contribution is 9.10. The van der Waals surface area contributed by atoms with Gasteiger partial charge in [-0.25, -0.2) is 0 Å². The summed E-state index contributed by atoms with van der Waals surface area (Å²) in [4.78, 5) is 12.3. The van der Waals surface area contributed by atoms with Crippen molar-refractivity contribution in [3.63, 3.8) is 0 Å². The summed E-state index contributed by atoms with van der Waals surface area (Å²) in [7, 11) is 0. The molecule has 5 heteroatoms. The summed E-state index contributed by atoms with van der Waals surface area (Å²) in [6, 6.07) is 12.9. The van der Waals surface area contributed by atoms with Crippen LogP contribution in [0.15, 0.2) is 46.9 Å². The lowest BCUT2D eigenvalue weighted by Crippen LogP contribution is -2.13. The Balaban J connectivity index is 2.12. The van der Waals surface area contributed by atoms with Crippen molar-refractivity contribution >= 4 is 27.5 Å². The van der Waals surface area contributed by atoms with Gasteiger partial charge in [0.2, 0.25) is 0 Å². The quantitative estimate of drug-likeness (QED) is 0.870. The van der Waals surface area contributed by atoms with Crippen molar-refractivity contribution in [2.24, 2.45) is 5.73 Å². The molecule has 2 aromatic carbocycles. The first-order valence-corrected chi connectivity index (χ1v) is 7.40. The van der Waals surface area contributed by atoms with Crippen molar-refractivity contribution < 1.29 is 9.53 Å². The minimum absolute atomic E-state index is 0.169. The zero-order valence-corrected chi connectivity index (χ0v) is 13.3. The van der Waals surface area contributed by atoms with Crippen molar-refractivity contribution in [2.45, 2.75) is 6.92 Å². The Morgan fingerprint density at radius 3 is 2.81 bits per heavy atom. The summed E-state index contributed by atoms with van der Waals surface area (Å²) >= 11 is 3.41. The van der Waals surface area contributed by atoms with E-state index in [-0.39, 0.29) is 5.91 Å². The third-order valence-corrected chi connectivity index (χ3v) is 3.50. The molecule has 0 saturated heterocycles. The number of benzene rings is 2. The molecule has 2 rings (SSSR count). The number of aryl methyl sites for hydroxylation is 1. The molecule has 0 bridgehead atoms. The maximum Gasteiger partial charge on any atom is 0.256 e. The molecule has 110 valence electrons. The van der Waals surface area contributed by atoms with E-state index in [1.807, 2.05) is 37.3 Å². The molecule has 0 unspecified atom stereocenters. The molecular weight excluding hydrogens is 332 g/mol. The molecule has 0 aliphatic carbocycles. The van der Waals surface area contributed by atoms with E-state index in [9.17, 15) is 4.79 Å². The van der Waals surface area contributed by atoms with Crippen molar-refractivity contribution in [2.75, 3.05) is 18.5 Å². The maximum atomic E-state index is 12.3. The number of anilines is 1. The average molecular weight is 349 g/mol. The predicted octanol–water partition coefficient (Wildman–Crippen LogP) is 3.35. The highest BCUT2D eigenvalue weighted by atomic mass is 79.9. The highest BCUT2D eigenvalue weighted by Gasteiger charge is 2.10. The smallest absolute Gasteiger partial charge is 0.256 e. The van der Waals surface area contributed by atoms with E-state index >= 15 is 0 Å². The molecular formula is C16H17BrN2O2.